The first-order valence-electron chi connectivity index (χ1n) is 15.0. The molecule has 0 amide bonds. The first-order chi connectivity index (χ1) is 15.9. The topological polar surface area (TPSA) is 24.1 Å². The van der Waals surface area contributed by atoms with Gasteiger partial charge in [-0.25, -0.2) is 0 Å². The lowest BCUT2D eigenvalue weighted by Gasteiger charge is -2.07. The van der Waals surface area contributed by atoms with Gasteiger partial charge in [-0.3, -0.25) is 10.9 Å². The highest BCUT2D eigenvalue weighted by Gasteiger charge is 1.94. The third-order valence-electron chi connectivity index (χ3n) is 6.59. The van der Waals surface area contributed by atoms with Gasteiger partial charge in [0.1, 0.15) is 0 Å². The van der Waals surface area contributed by atoms with E-state index in [9.17, 15) is 0 Å². The number of hydrogen-bond acceptors (Lipinski definition) is 2. The predicted octanol–water partition coefficient (Wildman–Crippen LogP) is 10.0. The van der Waals surface area contributed by atoms with Crippen LogP contribution < -0.4 is 10.9 Å². The molecule has 0 unspecified atom stereocenters. The second-order valence-electron chi connectivity index (χ2n) is 9.97. The number of allylic oxidation sites excluding steroid dienone is 2. The Labute approximate surface area is 204 Å². The monoisotopic (exact) mass is 450 g/mol. The summed E-state index contributed by atoms with van der Waals surface area (Å²) in [5.74, 6) is 0. The maximum atomic E-state index is 3.41. The zero-order valence-corrected chi connectivity index (χ0v) is 22.5. The average Bonchev–Trinajstić information content (AvgIpc) is 2.81. The molecule has 0 rings (SSSR count). The molecule has 0 atom stereocenters. The lowest BCUT2D eigenvalue weighted by molar-refractivity contribution is 0.478. The van der Waals surface area contributed by atoms with Gasteiger partial charge < -0.3 is 0 Å². The van der Waals surface area contributed by atoms with Crippen molar-refractivity contribution in [2.75, 3.05) is 13.1 Å². The van der Waals surface area contributed by atoms with E-state index in [1.165, 1.54) is 154 Å². The molecule has 0 aromatic heterocycles. The summed E-state index contributed by atoms with van der Waals surface area (Å²) in [5, 5.41) is 0. The molecule has 0 aliphatic heterocycles. The number of hydrogen-bond donors (Lipinski definition) is 2. The molecule has 0 aromatic carbocycles. The molecular weight excluding hydrogens is 388 g/mol. The highest BCUT2D eigenvalue weighted by Crippen LogP contribution is 2.11. The van der Waals surface area contributed by atoms with Gasteiger partial charge in [-0.15, -0.1) is 0 Å². The van der Waals surface area contributed by atoms with Crippen molar-refractivity contribution in [2.45, 2.75) is 168 Å². The third-order valence-corrected chi connectivity index (χ3v) is 6.59. The van der Waals surface area contributed by atoms with Crippen molar-refractivity contribution in [3.8, 4) is 0 Å². The van der Waals surface area contributed by atoms with Gasteiger partial charge in [0.15, 0.2) is 0 Å². The minimum Gasteiger partial charge on any atom is -0.258 e. The van der Waals surface area contributed by atoms with Crippen LogP contribution in [0.25, 0.3) is 0 Å². The Morgan fingerprint density at radius 1 is 0.344 bits per heavy atom. The van der Waals surface area contributed by atoms with Crippen LogP contribution in [-0.2, 0) is 0 Å². The Morgan fingerprint density at radius 2 is 0.625 bits per heavy atom. The van der Waals surface area contributed by atoms with Gasteiger partial charge in [0, 0.05) is 13.1 Å². The van der Waals surface area contributed by atoms with Crippen molar-refractivity contribution < 1.29 is 0 Å². The summed E-state index contributed by atoms with van der Waals surface area (Å²) in [6.45, 7) is 6.84. The molecule has 0 bridgehead atoms. The minimum atomic E-state index is 1.12. The van der Waals surface area contributed by atoms with Crippen LogP contribution in [0.3, 0.4) is 0 Å². The third kappa shape index (κ3) is 29.7. The first-order valence-corrected chi connectivity index (χ1v) is 15.0. The summed E-state index contributed by atoms with van der Waals surface area (Å²) in [6, 6.07) is 0. The summed E-state index contributed by atoms with van der Waals surface area (Å²) in [7, 11) is 0. The number of rotatable bonds is 28. The Kier molecular flexibility index (Phi) is 30.3. The summed E-state index contributed by atoms with van der Waals surface area (Å²) in [4.78, 5) is 0. The van der Waals surface area contributed by atoms with Crippen LogP contribution in [0.5, 0.6) is 0 Å². The maximum absolute atomic E-state index is 3.41. The fourth-order valence-corrected chi connectivity index (χ4v) is 4.34. The van der Waals surface area contributed by atoms with E-state index in [1.807, 2.05) is 0 Å². The van der Waals surface area contributed by atoms with Gasteiger partial charge >= 0.3 is 0 Å². The molecule has 0 spiro atoms. The van der Waals surface area contributed by atoms with Gasteiger partial charge in [0.2, 0.25) is 0 Å². The number of hydrazine groups is 1. The molecule has 0 aliphatic carbocycles. The van der Waals surface area contributed by atoms with Crippen molar-refractivity contribution in [1.82, 2.24) is 10.9 Å². The molecule has 0 heterocycles. The lowest BCUT2D eigenvalue weighted by atomic mass is 10.1. The Hall–Kier alpha value is -0.340. The van der Waals surface area contributed by atoms with Crippen LogP contribution in [0.1, 0.15) is 168 Å². The SMILES string of the molecule is CCCCCCCC/C=C\CCCCCCCCNNCCCCCCCCCCCC. The van der Waals surface area contributed by atoms with Crippen LogP contribution >= 0.6 is 0 Å². The Balaban J connectivity index is 3.04. The van der Waals surface area contributed by atoms with E-state index in [1.54, 1.807) is 0 Å². The van der Waals surface area contributed by atoms with E-state index in [4.69, 9.17) is 0 Å². The Bertz CT molecular complexity index is 340. The quantitative estimate of drug-likeness (QED) is 0.0703. The molecule has 32 heavy (non-hydrogen) atoms. The van der Waals surface area contributed by atoms with E-state index in [0.29, 0.717) is 0 Å². The fourth-order valence-electron chi connectivity index (χ4n) is 4.34. The lowest BCUT2D eigenvalue weighted by Crippen LogP contribution is -2.33. The van der Waals surface area contributed by atoms with Crippen LogP contribution in [-0.4, -0.2) is 13.1 Å². The molecule has 0 saturated carbocycles. The summed E-state index contributed by atoms with van der Waals surface area (Å²) >= 11 is 0. The number of unbranched alkanes of at least 4 members (excludes halogenated alkanes) is 21. The Morgan fingerprint density at radius 3 is 0.969 bits per heavy atom. The van der Waals surface area contributed by atoms with Crippen molar-refractivity contribution in [3.05, 3.63) is 12.2 Å². The van der Waals surface area contributed by atoms with E-state index in [-0.39, 0.29) is 0 Å². The zero-order valence-electron chi connectivity index (χ0n) is 22.5. The van der Waals surface area contributed by atoms with Crippen molar-refractivity contribution in [1.29, 1.82) is 0 Å². The second-order valence-corrected chi connectivity index (χ2v) is 9.97. The highest BCUT2D eigenvalue weighted by molar-refractivity contribution is 4.81. The van der Waals surface area contributed by atoms with E-state index < -0.39 is 0 Å². The van der Waals surface area contributed by atoms with E-state index >= 15 is 0 Å². The molecule has 2 N–H and O–H groups in total. The molecular formula is C30H62N2. The molecule has 0 fully saturated rings. The van der Waals surface area contributed by atoms with Crippen molar-refractivity contribution in [2.24, 2.45) is 0 Å². The van der Waals surface area contributed by atoms with Crippen LogP contribution in [0, 0.1) is 0 Å². The van der Waals surface area contributed by atoms with Gasteiger partial charge in [0.25, 0.3) is 0 Å². The van der Waals surface area contributed by atoms with E-state index in [0.717, 1.165) is 13.1 Å². The molecule has 0 saturated heterocycles. The van der Waals surface area contributed by atoms with Crippen LogP contribution in [0.15, 0.2) is 12.2 Å². The summed E-state index contributed by atoms with van der Waals surface area (Å²) < 4.78 is 0. The van der Waals surface area contributed by atoms with Crippen molar-refractivity contribution in [3.63, 3.8) is 0 Å². The second kappa shape index (κ2) is 30.7. The average molecular weight is 451 g/mol. The van der Waals surface area contributed by atoms with Crippen molar-refractivity contribution >= 4 is 0 Å². The van der Waals surface area contributed by atoms with E-state index in [2.05, 4.69) is 36.9 Å². The summed E-state index contributed by atoms with van der Waals surface area (Å²) in [6.07, 6.45) is 38.4. The fraction of sp³-hybridized carbons (Fsp3) is 0.933. The molecule has 0 radical (unpaired) electrons. The smallest absolute Gasteiger partial charge is 0.00997 e. The van der Waals surface area contributed by atoms with Gasteiger partial charge in [-0.1, -0.05) is 142 Å². The normalized spacial score (nSPS) is 11.7. The molecule has 0 aliphatic rings. The van der Waals surface area contributed by atoms with Gasteiger partial charge in [-0.05, 0) is 38.5 Å². The predicted molar refractivity (Wildman–Crippen MR) is 147 cm³/mol. The maximum Gasteiger partial charge on any atom is 0.00997 e. The standard InChI is InChI=1S/C30H62N2/c1-3-5-7-9-11-13-15-16-17-18-19-20-22-24-26-28-30-32-31-29-27-25-23-21-14-12-10-8-6-4-2/h16-17,31-32H,3-15,18-30H2,1-2H3/b17-16-. The largest absolute Gasteiger partial charge is 0.258 e. The minimum absolute atomic E-state index is 1.12. The number of nitrogens with one attached hydrogen (secondary N) is 2. The molecule has 192 valence electrons. The van der Waals surface area contributed by atoms with Gasteiger partial charge in [-0.2, -0.15) is 0 Å². The van der Waals surface area contributed by atoms with Crippen LogP contribution in [0.2, 0.25) is 0 Å². The summed E-state index contributed by atoms with van der Waals surface area (Å²) in [5.41, 5.74) is 6.81. The molecule has 2 heteroatoms. The van der Waals surface area contributed by atoms with Crippen LogP contribution in [0.4, 0.5) is 0 Å². The first kappa shape index (κ1) is 31.7. The zero-order chi connectivity index (χ0) is 23.2. The molecule has 2 nitrogen and oxygen atoms in total. The van der Waals surface area contributed by atoms with Gasteiger partial charge in [0.05, 0.1) is 0 Å². The highest BCUT2D eigenvalue weighted by atomic mass is 15.3. The molecule has 0 aromatic rings.